The van der Waals surface area contributed by atoms with Gasteiger partial charge in [-0.1, -0.05) is 56.3 Å². The minimum atomic E-state index is -0.0283. The summed E-state index contributed by atoms with van der Waals surface area (Å²) >= 11 is 3.24. The molecule has 152 valence electrons. The number of carbonyl (C=O) groups excluding carboxylic acids is 1. The van der Waals surface area contributed by atoms with Crippen LogP contribution in [0.2, 0.25) is 0 Å². The maximum Gasteiger partial charge on any atom is 0.252 e. The maximum absolute atomic E-state index is 13.0. The zero-order valence-electron chi connectivity index (χ0n) is 16.9. The molecule has 0 spiro atoms. The van der Waals surface area contributed by atoms with Gasteiger partial charge in [0, 0.05) is 22.6 Å². The van der Waals surface area contributed by atoms with Crippen LogP contribution in [0.3, 0.4) is 0 Å². The number of benzene rings is 2. The van der Waals surface area contributed by atoms with Gasteiger partial charge in [-0.3, -0.25) is 9.69 Å². The first kappa shape index (κ1) is 21.6. The Morgan fingerprint density at radius 2 is 1.83 bits per heavy atom. The van der Waals surface area contributed by atoms with Crippen LogP contribution in [0.15, 0.2) is 70.4 Å². The van der Waals surface area contributed by atoms with Gasteiger partial charge in [-0.15, -0.1) is 23.1 Å². The molecule has 3 rings (SSSR count). The van der Waals surface area contributed by atoms with Gasteiger partial charge in [0.15, 0.2) is 0 Å². The summed E-state index contributed by atoms with van der Waals surface area (Å²) in [4.78, 5) is 20.7. The quantitative estimate of drug-likeness (QED) is 0.451. The normalized spacial score (nSPS) is 12.1. The minimum absolute atomic E-state index is 0.0283. The van der Waals surface area contributed by atoms with E-state index in [4.69, 9.17) is 0 Å². The number of nitrogens with one attached hydrogen (secondary N) is 1. The van der Waals surface area contributed by atoms with Crippen molar-refractivity contribution in [1.29, 1.82) is 0 Å². The Morgan fingerprint density at radius 3 is 2.52 bits per heavy atom. The maximum atomic E-state index is 13.0. The fourth-order valence-corrected chi connectivity index (χ4v) is 4.94. The van der Waals surface area contributed by atoms with E-state index in [9.17, 15) is 4.79 Å². The van der Waals surface area contributed by atoms with Crippen LogP contribution in [-0.4, -0.2) is 35.4 Å². The monoisotopic (exact) mass is 425 g/mol. The second-order valence-electron chi connectivity index (χ2n) is 6.62. The predicted octanol–water partition coefficient (Wildman–Crippen LogP) is 5.25. The van der Waals surface area contributed by atoms with E-state index in [1.807, 2.05) is 41.2 Å². The second-order valence-corrected chi connectivity index (χ2v) is 8.36. The van der Waals surface area contributed by atoms with E-state index in [1.54, 1.807) is 23.1 Å². The van der Waals surface area contributed by atoms with Crippen molar-refractivity contribution >= 4 is 29.0 Å². The van der Waals surface area contributed by atoms with Gasteiger partial charge in [0.1, 0.15) is 0 Å². The number of rotatable bonds is 10. The van der Waals surface area contributed by atoms with E-state index < -0.39 is 0 Å². The molecule has 1 N–H and O–H groups in total. The molecule has 29 heavy (non-hydrogen) atoms. The van der Waals surface area contributed by atoms with Crippen LogP contribution in [0.25, 0.3) is 0 Å². The van der Waals surface area contributed by atoms with Crippen molar-refractivity contribution in [2.24, 2.45) is 0 Å². The van der Waals surface area contributed by atoms with Crippen LogP contribution < -0.4 is 5.32 Å². The molecule has 0 fully saturated rings. The molecule has 0 aliphatic carbocycles. The molecule has 1 amide bonds. The minimum Gasteiger partial charge on any atom is -0.350 e. The summed E-state index contributed by atoms with van der Waals surface area (Å²) in [5.74, 6) is 0.735. The molecule has 3 aromatic rings. The average molecular weight is 426 g/mol. The lowest BCUT2D eigenvalue weighted by molar-refractivity contribution is 0.0932. The molecule has 0 bridgehead atoms. The van der Waals surface area contributed by atoms with E-state index in [-0.39, 0.29) is 11.9 Å². The van der Waals surface area contributed by atoms with E-state index in [0.29, 0.717) is 6.54 Å². The van der Waals surface area contributed by atoms with Crippen molar-refractivity contribution < 1.29 is 4.79 Å². The number of amides is 1. The van der Waals surface area contributed by atoms with Gasteiger partial charge in [-0.25, -0.2) is 4.98 Å². The third kappa shape index (κ3) is 5.92. The highest BCUT2D eigenvalue weighted by Gasteiger charge is 2.20. The Hall–Kier alpha value is -2.15. The van der Waals surface area contributed by atoms with Crippen molar-refractivity contribution in [3.63, 3.8) is 0 Å². The number of thiazole rings is 1. The van der Waals surface area contributed by atoms with Crippen molar-refractivity contribution in [2.45, 2.75) is 30.5 Å². The average Bonchev–Trinajstić information content (AvgIpc) is 3.29. The first-order chi connectivity index (χ1) is 14.2. The second kappa shape index (κ2) is 11.1. The smallest absolute Gasteiger partial charge is 0.252 e. The third-order valence-electron chi connectivity index (χ3n) is 4.88. The van der Waals surface area contributed by atoms with E-state index in [0.717, 1.165) is 35.0 Å². The summed E-state index contributed by atoms with van der Waals surface area (Å²) in [6.45, 7) is 6.77. The molecular formula is C23H27N3OS2. The molecule has 0 aliphatic rings. The zero-order valence-corrected chi connectivity index (χ0v) is 18.5. The van der Waals surface area contributed by atoms with E-state index in [2.05, 4.69) is 53.3 Å². The van der Waals surface area contributed by atoms with Crippen molar-refractivity contribution in [1.82, 2.24) is 15.2 Å². The molecule has 4 nitrogen and oxygen atoms in total. The van der Waals surface area contributed by atoms with Crippen LogP contribution in [0, 0.1) is 0 Å². The molecule has 1 heterocycles. The first-order valence-corrected chi connectivity index (χ1v) is 11.8. The van der Waals surface area contributed by atoms with Crippen LogP contribution in [0.4, 0.5) is 0 Å². The summed E-state index contributed by atoms with van der Waals surface area (Å²) in [6, 6.07) is 18.3. The van der Waals surface area contributed by atoms with E-state index >= 15 is 0 Å². The van der Waals surface area contributed by atoms with E-state index in [1.165, 1.54) is 5.56 Å². The Kier molecular flexibility index (Phi) is 8.28. The predicted molar refractivity (Wildman–Crippen MR) is 123 cm³/mol. The highest BCUT2D eigenvalue weighted by molar-refractivity contribution is 7.98. The lowest BCUT2D eigenvalue weighted by Crippen LogP contribution is -2.38. The largest absolute Gasteiger partial charge is 0.350 e. The molecule has 6 heteroatoms. The molecule has 0 saturated heterocycles. The van der Waals surface area contributed by atoms with Crippen LogP contribution in [0.5, 0.6) is 0 Å². The zero-order chi connectivity index (χ0) is 20.5. The van der Waals surface area contributed by atoms with Gasteiger partial charge in [0.05, 0.1) is 22.8 Å². The van der Waals surface area contributed by atoms with Crippen molar-refractivity contribution in [2.75, 3.05) is 19.6 Å². The highest BCUT2D eigenvalue weighted by Crippen LogP contribution is 2.26. The lowest BCUT2D eigenvalue weighted by Gasteiger charge is -2.30. The van der Waals surface area contributed by atoms with Gasteiger partial charge in [-0.2, -0.15) is 0 Å². The molecule has 0 aliphatic heterocycles. The Morgan fingerprint density at radius 1 is 1.10 bits per heavy atom. The number of carbonyl (C=O) groups is 1. The van der Waals surface area contributed by atoms with Crippen molar-refractivity contribution in [3.05, 3.63) is 82.3 Å². The Balaban J connectivity index is 1.70. The van der Waals surface area contributed by atoms with Gasteiger partial charge in [0.25, 0.3) is 5.91 Å². The number of thioether (sulfide) groups is 1. The molecule has 0 saturated carbocycles. The number of nitrogens with zero attached hydrogens (tertiary/aromatic N) is 2. The molecule has 2 aromatic carbocycles. The fraction of sp³-hybridized carbons (Fsp3) is 0.304. The summed E-state index contributed by atoms with van der Waals surface area (Å²) < 4.78 is 0. The first-order valence-electron chi connectivity index (χ1n) is 9.89. The fourth-order valence-electron chi connectivity index (χ4n) is 3.32. The topological polar surface area (TPSA) is 45.2 Å². The number of aromatic nitrogens is 1. The standard InChI is InChI=1S/C23H27N3OS2/c1-3-26(4-2)21(18-10-6-5-7-11-18)14-24-23(27)20-12-8-9-13-22(20)29-16-19-15-28-17-25-19/h5-13,15,17,21H,3-4,14,16H2,1-2H3,(H,24,27). The summed E-state index contributed by atoms with van der Waals surface area (Å²) in [7, 11) is 0. The van der Waals surface area contributed by atoms with Crippen LogP contribution in [-0.2, 0) is 5.75 Å². The van der Waals surface area contributed by atoms with Gasteiger partial charge in [0.2, 0.25) is 0 Å². The molecule has 0 radical (unpaired) electrons. The van der Waals surface area contributed by atoms with Gasteiger partial charge >= 0.3 is 0 Å². The summed E-state index contributed by atoms with van der Waals surface area (Å²) in [5.41, 5.74) is 4.83. The Bertz CT molecular complexity index is 880. The Labute approximate surface area is 181 Å². The van der Waals surface area contributed by atoms with Gasteiger partial charge in [-0.05, 0) is 30.8 Å². The number of likely N-dealkylation sites (N-methyl/N-ethyl adjacent to an activating group) is 1. The van der Waals surface area contributed by atoms with Crippen LogP contribution >= 0.6 is 23.1 Å². The number of hydrogen-bond acceptors (Lipinski definition) is 5. The molecule has 1 atom stereocenters. The number of hydrogen-bond donors (Lipinski definition) is 1. The molecule has 1 unspecified atom stereocenters. The summed E-state index contributed by atoms with van der Waals surface area (Å²) in [6.07, 6.45) is 0. The van der Waals surface area contributed by atoms with Crippen LogP contribution in [0.1, 0.15) is 41.5 Å². The summed E-state index contributed by atoms with van der Waals surface area (Å²) in [5, 5.41) is 5.22. The SMILES string of the molecule is CCN(CC)C(CNC(=O)c1ccccc1SCc1cscn1)c1ccccc1. The highest BCUT2D eigenvalue weighted by atomic mass is 32.2. The van der Waals surface area contributed by atoms with Crippen molar-refractivity contribution in [3.8, 4) is 0 Å². The molecule has 1 aromatic heterocycles. The molecular weight excluding hydrogens is 398 g/mol. The van der Waals surface area contributed by atoms with Gasteiger partial charge < -0.3 is 5.32 Å². The lowest BCUT2D eigenvalue weighted by atomic mass is 10.0. The third-order valence-corrected chi connectivity index (χ3v) is 6.63.